The highest BCUT2D eigenvalue weighted by Gasteiger charge is 2.19. The molecule has 2 nitrogen and oxygen atoms in total. The minimum absolute atomic E-state index is 0.622. The van der Waals surface area contributed by atoms with Gasteiger partial charge in [0.1, 0.15) is 0 Å². The number of nitrogens with one attached hydrogen (secondary N) is 1. The van der Waals surface area contributed by atoms with Gasteiger partial charge in [0.25, 0.3) is 0 Å². The fourth-order valence-corrected chi connectivity index (χ4v) is 1.85. The highest BCUT2D eigenvalue weighted by atomic mass is 14.9. The van der Waals surface area contributed by atoms with E-state index in [0.717, 1.165) is 0 Å². The number of hydrogen-bond acceptors (Lipinski definition) is 2. The SMILES string of the molecule is CC(C)C1CCc2ccncc2N1. The van der Waals surface area contributed by atoms with Gasteiger partial charge in [-0.05, 0) is 30.4 Å². The maximum atomic E-state index is 4.13. The lowest BCUT2D eigenvalue weighted by atomic mass is 9.92. The van der Waals surface area contributed by atoms with Gasteiger partial charge in [-0.2, -0.15) is 0 Å². The third kappa shape index (κ3) is 1.67. The predicted molar refractivity (Wildman–Crippen MR) is 54.8 cm³/mol. The molecule has 0 bridgehead atoms. The van der Waals surface area contributed by atoms with Crippen LogP contribution in [0, 0.1) is 5.92 Å². The minimum Gasteiger partial charge on any atom is -0.381 e. The Morgan fingerprint density at radius 1 is 1.54 bits per heavy atom. The molecule has 1 aliphatic heterocycles. The van der Waals surface area contributed by atoms with Crippen LogP contribution in [0.3, 0.4) is 0 Å². The minimum atomic E-state index is 0.622. The average molecular weight is 176 g/mol. The lowest BCUT2D eigenvalue weighted by Gasteiger charge is -2.29. The summed E-state index contributed by atoms with van der Waals surface area (Å²) in [6.07, 6.45) is 6.24. The summed E-state index contributed by atoms with van der Waals surface area (Å²) in [6, 6.07) is 2.73. The normalized spacial score (nSPS) is 21.0. The zero-order chi connectivity index (χ0) is 9.26. The van der Waals surface area contributed by atoms with E-state index < -0.39 is 0 Å². The van der Waals surface area contributed by atoms with Crippen molar-refractivity contribution in [3.8, 4) is 0 Å². The van der Waals surface area contributed by atoms with Gasteiger partial charge in [0.05, 0.1) is 11.9 Å². The van der Waals surface area contributed by atoms with Gasteiger partial charge in [-0.15, -0.1) is 0 Å². The van der Waals surface area contributed by atoms with Crippen molar-refractivity contribution in [3.05, 3.63) is 24.0 Å². The number of fused-ring (bicyclic) bond motifs is 1. The van der Waals surface area contributed by atoms with Crippen molar-refractivity contribution in [3.63, 3.8) is 0 Å². The molecular weight excluding hydrogens is 160 g/mol. The summed E-state index contributed by atoms with van der Waals surface area (Å²) in [5.74, 6) is 0.702. The quantitative estimate of drug-likeness (QED) is 0.711. The van der Waals surface area contributed by atoms with E-state index in [2.05, 4.69) is 30.2 Å². The Morgan fingerprint density at radius 3 is 3.15 bits per heavy atom. The van der Waals surface area contributed by atoms with Gasteiger partial charge in [-0.1, -0.05) is 13.8 Å². The van der Waals surface area contributed by atoms with E-state index in [9.17, 15) is 0 Å². The van der Waals surface area contributed by atoms with Crippen molar-refractivity contribution < 1.29 is 0 Å². The molecule has 0 amide bonds. The van der Waals surface area contributed by atoms with Gasteiger partial charge in [0.15, 0.2) is 0 Å². The second-order valence-electron chi connectivity index (χ2n) is 4.07. The Labute approximate surface area is 79.4 Å². The van der Waals surface area contributed by atoms with Crippen LogP contribution in [0.25, 0.3) is 0 Å². The Kier molecular flexibility index (Phi) is 2.21. The van der Waals surface area contributed by atoms with Gasteiger partial charge in [-0.25, -0.2) is 0 Å². The highest BCUT2D eigenvalue weighted by molar-refractivity contribution is 5.51. The number of aryl methyl sites for hydroxylation is 1. The molecule has 13 heavy (non-hydrogen) atoms. The maximum Gasteiger partial charge on any atom is 0.0561 e. The van der Waals surface area contributed by atoms with Crippen LogP contribution in [0.15, 0.2) is 18.5 Å². The highest BCUT2D eigenvalue weighted by Crippen LogP contribution is 2.26. The van der Waals surface area contributed by atoms with Gasteiger partial charge < -0.3 is 5.32 Å². The fourth-order valence-electron chi connectivity index (χ4n) is 1.85. The third-order valence-corrected chi connectivity index (χ3v) is 2.78. The molecule has 2 heteroatoms. The molecule has 1 aliphatic rings. The van der Waals surface area contributed by atoms with E-state index in [1.54, 1.807) is 0 Å². The Bertz CT molecular complexity index is 294. The van der Waals surface area contributed by atoms with Crippen molar-refractivity contribution in [2.24, 2.45) is 5.92 Å². The van der Waals surface area contributed by atoms with Gasteiger partial charge >= 0.3 is 0 Å². The van der Waals surface area contributed by atoms with Gasteiger partial charge in [0.2, 0.25) is 0 Å². The van der Waals surface area contributed by atoms with Crippen molar-refractivity contribution in [1.82, 2.24) is 4.98 Å². The topological polar surface area (TPSA) is 24.9 Å². The van der Waals surface area contributed by atoms with E-state index in [1.807, 2.05) is 12.4 Å². The van der Waals surface area contributed by atoms with Crippen LogP contribution in [0.5, 0.6) is 0 Å². The van der Waals surface area contributed by atoms with Gasteiger partial charge in [0, 0.05) is 12.2 Å². The number of aromatic nitrogens is 1. The van der Waals surface area contributed by atoms with Crippen LogP contribution in [0.1, 0.15) is 25.8 Å². The van der Waals surface area contributed by atoms with Crippen LogP contribution in [-0.4, -0.2) is 11.0 Å². The van der Waals surface area contributed by atoms with E-state index in [0.29, 0.717) is 12.0 Å². The molecule has 1 unspecified atom stereocenters. The molecule has 0 saturated heterocycles. The summed E-state index contributed by atoms with van der Waals surface area (Å²) in [5, 5.41) is 3.53. The molecule has 0 fully saturated rings. The molecule has 1 N–H and O–H groups in total. The molecule has 1 atom stereocenters. The fraction of sp³-hybridized carbons (Fsp3) is 0.545. The number of pyridine rings is 1. The Balaban J connectivity index is 2.20. The second-order valence-corrected chi connectivity index (χ2v) is 4.07. The van der Waals surface area contributed by atoms with E-state index in [4.69, 9.17) is 0 Å². The van der Waals surface area contributed by atoms with Crippen molar-refractivity contribution in [2.45, 2.75) is 32.7 Å². The maximum absolute atomic E-state index is 4.13. The summed E-state index contributed by atoms with van der Waals surface area (Å²) in [4.78, 5) is 4.13. The summed E-state index contributed by atoms with van der Waals surface area (Å²) in [7, 11) is 0. The van der Waals surface area contributed by atoms with Crippen molar-refractivity contribution >= 4 is 5.69 Å². The number of anilines is 1. The van der Waals surface area contributed by atoms with Crippen LogP contribution < -0.4 is 5.32 Å². The molecule has 0 spiro atoms. The first kappa shape index (κ1) is 8.54. The van der Waals surface area contributed by atoms with E-state index >= 15 is 0 Å². The molecule has 1 aromatic heterocycles. The summed E-state index contributed by atoms with van der Waals surface area (Å²) in [5.41, 5.74) is 2.64. The zero-order valence-electron chi connectivity index (χ0n) is 8.25. The van der Waals surface area contributed by atoms with Crippen LogP contribution in [0.4, 0.5) is 5.69 Å². The lowest BCUT2D eigenvalue weighted by Crippen LogP contribution is -2.30. The number of nitrogens with zero attached hydrogens (tertiary/aromatic N) is 1. The molecule has 2 heterocycles. The Morgan fingerprint density at radius 2 is 2.38 bits per heavy atom. The number of hydrogen-bond donors (Lipinski definition) is 1. The van der Waals surface area contributed by atoms with Gasteiger partial charge in [-0.3, -0.25) is 4.98 Å². The largest absolute Gasteiger partial charge is 0.381 e. The van der Waals surface area contributed by atoms with Crippen LogP contribution in [-0.2, 0) is 6.42 Å². The molecule has 0 aromatic carbocycles. The summed E-state index contributed by atoms with van der Waals surface area (Å²) < 4.78 is 0. The van der Waals surface area contributed by atoms with Crippen LogP contribution >= 0.6 is 0 Å². The predicted octanol–water partition coefficient (Wildman–Crippen LogP) is 2.46. The zero-order valence-corrected chi connectivity index (χ0v) is 8.25. The Hall–Kier alpha value is -1.05. The molecular formula is C11H16N2. The van der Waals surface area contributed by atoms with Crippen molar-refractivity contribution in [2.75, 3.05) is 5.32 Å². The average Bonchev–Trinajstić information content (AvgIpc) is 2.17. The van der Waals surface area contributed by atoms with E-state index in [1.165, 1.54) is 24.1 Å². The first-order valence-corrected chi connectivity index (χ1v) is 4.97. The number of rotatable bonds is 1. The van der Waals surface area contributed by atoms with Crippen molar-refractivity contribution in [1.29, 1.82) is 0 Å². The standard InChI is InChI=1S/C11H16N2/c1-8(2)10-4-3-9-5-6-12-7-11(9)13-10/h5-8,10,13H,3-4H2,1-2H3. The molecule has 1 aromatic rings. The van der Waals surface area contributed by atoms with Crippen LogP contribution in [0.2, 0.25) is 0 Å². The summed E-state index contributed by atoms with van der Waals surface area (Å²) in [6.45, 7) is 4.53. The molecule has 70 valence electrons. The molecule has 0 saturated carbocycles. The first-order valence-electron chi connectivity index (χ1n) is 4.97. The molecule has 0 aliphatic carbocycles. The summed E-state index contributed by atoms with van der Waals surface area (Å²) >= 11 is 0. The smallest absolute Gasteiger partial charge is 0.0561 e. The first-order chi connectivity index (χ1) is 6.27. The second kappa shape index (κ2) is 3.36. The molecule has 2 rings (SSSR count). The van der Waals surface area contributed by atoms with E-state index in [-0.39, 0.29) is 0 Å². The third-order valence-electron chi connectivity index (χ3n) is 2.78. The molecule has 0 radical (unpaired) electrons. The monoisotopic (exact) mass is 176 g/mol. The lowest BCUT2D eigenvalue weighted by molar-refractivity contribution is 0.482.